The number of methoxy groups -OCH3 is 1. The van der Waals surface area contributed by atoms with Gasteiger partial charge in [-0.3, -0.25) is 0 Å². The first-order chi connectivity index (χ1) is 13.5. The van der Waals surface area contributed by atoms with Crippen molar-refractivity contribution in [1.82, 2.24) is 0 Å². The highest BCUT2D eigenvalue weighted by atomic mass is 19.4. The molecule has 7 atom stereocenters. The Morgan fingerprint density at radius 1 is 1.17 bits per heavy atom. The lowest BCUT2D eigenvalue weighted by Crippen LogP contribution is -2.61. The number of nitrogens with zero attached hydrogens (tertiary/aromatic N) is 1. The van der Waals surface area contributed by atoms with Crippen LogP contribution in [0.2, 0.25) is 0 Å². The lowest BCUT2D eigenvalue weighted by atomic mass is 9.46. The molecule has 1 N–H and O–H groups in total. The number of fused-ring (bicyclic) bond motifs is 5. The van der Waals surface area contributed by atoms with E-state index in [9.17, 15) is 18.3 Å². The number of alkyl halides is 3. The quantitative estimate of drug-likeness (QED) is 0.471. The zero-order valence-corrected chi connectivity index (χ0v) is 17.4. The Morgan fingerprint density at radius 2 is 1.86 bits per heavy atom. The van der Waals surface area contributed by atoms with Crippen molar-refractivity contribution in [3.63, 3.8) is 0 Å². The minimum atomic E-state index is -4.76. The van der Waals surface area contributed by atoms with Crippen molar-refractivity contribution in [3.05, 3.63) is 23.3 Å². The second-order valence-electron chi connectivity index (χ2n) is 10.0. The topological polar surface area (TPSA) is 53.2 Å². The maximum Gasteiger partial charge on any atom is 0.423 e. The molecule has 3 nitrogen and oxygen atoms in total. The van der Waals surface area contributed by atoms with Crippen LogP contribution in [-0.2, 0) is 4.74 Å². The highest BCUT2D eigenvalue weighted by molar-refractivity contribution is 5.34. The monoisotopic (exact) mass is 409 g/mol. The Hall–Kier alpha value is -1.32. The van der Waals surface area contributed by atoms with Gasteiger partial charge in [0.15, 0.2) is 0 Å². The third kappa shape index (κ3) is 2.76. The normalized spacial score (nSPS) is 48.3. The van der Waals surface area contributed by atoms with Crippen molar-refractivity contribution in [2.24, 2.45) is 28.6 Å². The van der Waals surface area contributed by atoms with E-state index < -0.39 is 17.9 Å². The van der Waals surface area contributed by atoms with Crippen LogP contribution in [0.5, 0.6) is 0 Å². The minimum Gasteiger partial charge on any atom is -0.378 e. The van der Waals surface area contributed by atoms with E-state index in [1.54, 1.807) is 6.08 Å². The Balaban J connectivity index is 1.71. The van der Waals surface area contributed by atoms with Gasteiger partial charge in [0, 0.05) is 13.2 Å². The number of allylic oxidation sites excluding steroid dienone is 3. The minimum absolute atomic E-state index is 0.0382. The van der Waals surface area contributed by atoms with Crippen LogP contribution in [0.15, 0.2) is 23.3 Å². The molecule has 3 saturated carbocycles. The predicted molar refractivity (Wildman–Crippen MR) is 103 cm³/mol. The van der Waals surface area contributed by atoms with Gasteiger partial charge in [0.25, 0.3) is 0 Å². The number of halogens is 3. The number of aliphatic hydroxyl groups is 1. The van der Waals surface area contributed by atoms with E-state index in [4.69, 9.17) is 10.00 Å². The third-order valence-corrected chi connectivity index (χ3v) is 9.06. The van der Waals surface area contributed by atoms with Gasteiger partial charge < -0.3 is 9.84 Å². The van der Waals surface area contributed by atoms with E-state index in [1.807, 2.05) is 0 Å². The molecule has 29 heavy (non-hydrogen) atoms. The molecule has 4 rings (SSSR count). The molecule has 0 radical (unpaired) electrons. The number of ether oxygens (including phenoxy) is 1. The van der Waals surface area contributed by atoms with E-state index in [2.05, 4.69) is 19.9 Å². The Bertz CT molecular complexity index is 797. The van der Waals surface area contributed by atoms with E-state index >= 15 is 0 Å². The fraction of sp³-hybridized carbons (Fsp3) is 0.783. The van der Waals surface area contributed by atoms with Crippen molar-refractivity contribution in [1.29, 1.82) is 5.26 Å². The SMILES string of the molecule is CO[C@H]1C[C@@]2(C)C(=C[C@@]1(O)C(F)(F)F)CC[C@@H]1[C@@H]2CC[C@]2(C)/C(=C\C#N)CC[C@@H]12. The van der Waals surface area contributed by atoms with Gasteiger partial charge in [-0.05, 0) is 79.6 Å². The van der Waals surface area contributed by atoms with E-state index in [-0.39, 0.29) is 23.2 Å². The lowest BCUT2D eigenvalue weighted by molar-refractivity contribution is -0.281. The molecule has 0 spiro atoms. The fourth-order valence-corrected chi connectivity index (χ4v) is 7.44. The summed E-state index contributed by atoms with van der Waals surface area (Å²) in [6, 6.07) is 2.21. The van der Waals surface area contributed by atoms with Crippen LogP contribution >= 0.6 is 0 Å². The fourth-order valence-electron chi connectivity index (χ4n) is 7.44. The third-order valence-electron chi connectivity index (χ3n) is 9.06. The highest BCUT2D eigenvalue weighted by Gasteiger charge is 2.65. The van der Waals surface area contributed by atoms with Gasteiger partial charge in [0.1, 0.15) is 0 Å². The lowest BCUT2D eigenvalue weighted by Gasteiger charge is -2.59. The van der Waals surface area contributed by atoms with Crippen LogP contribution in [0.25, 0.3) is 0 Å². The van der Waals surface area contributed by atoms with Gasteiger partial charge in [0.05, 0.1) is 12.2 Å². The Morgan fingerprint density at radius 3 is 2.48 bits per heavy atom. The molecule has 0 aliphatic heterocycles. The van der Waals surface area contributed by atoms with Crippen LogP contribution in [0.1, 0.15) is 58.8 Å². The zero-order chi connectivity index (χ0) is 21.2. The van der Waals surface area contributed by atoms with E-state index in [1.165, 1.54) is 12.7 Å². The number of hydrogen-bond donors (Lipinski definition) is 1. The van der Waals surface area contributed by atoms with Crippen LogP contribution in [-0.4, -0.2) is 30.1 Å². The second-order valence-corrected chi connectivity index (χ2v) is 10.0. The van der Waals surface area contributed by atoms with Crippen molar-refractivity contribution < 1.29 is 23.0 Å². The molecule has 160 valence electrons. The summed E-state index contributed by atoms with van der Waals surface area (Å²) < 4.78 is 46.4. The van der Waals surface area contributed by atoms with Gasteiger partial charge in [-0.25, -0.2) is 0 Å². The van der Waals surface area contributed by atoms with Gasteiger partial charge >= 0.3 is 6.18 Å². The first-order valence-corrected chi connectivity index (χ1v) is 10.6. The van der Waals surface area contributed by atoms with Gasteiger partial charge in [0.2, 0.25) is 5.60 Å². The zero-order valence-electron chi connectivity index (χ0n) is 17.4. The summed E-state index contributed by atoms with van der Waals surface area (Å²) in [6.07, 6.45) is 2.32. The molecule has 0 saturated heterocycles. The first-order valence-electron chi connectivity index (χ1n) is 10.6. The van der Waals surface area contributed by atoms with Crippen LogP contribution in [0.3, 0.4) is 0 Å². The molecule has 6 heteroatoms. The summed E-state index contributed by atoms with van der Waals surface area (Å²) in [4.78, 5) is 0. The van der Waals surface area contributed by atoms with Crippen molar-refractivity contribution in [2.75, 3.05) is 7.11 Å². The summed E-state index contributed by atoms with van der Waals surface area (Å²) in [5.41, 5.74) is -1.26. The van der Waals surface area contributed by atoms with Gasteiger partial charge in [-0.2, -0.15) is 18.4 Å². The molecule has 0 aromatic rings. The average Bonchev–Trinajstić information content (AvgIpc) is 2.98. The van der Waals surface area contributed by atoms with E-state index in [0.29, 0.717) is 18.3 Å². The number of rotatable bonds is 1. The van der Waals surface area contributed by atoms with Crippen molar-refractivity contribution in [2.45, 2.75) is 76.7 Å². The molecular weight excluding hydrogens is 379 g/mol. The molecular formula is C23H30F3NO2. The molecule has 4 aliphatic rings. The molecule has 0 unspecified atom stereocenters. The summed E-state index contributed by atoms with van der Waals surface area (Å²) in [5, 5.41) is 19.7. The summed E-state index contributed by atoms with van der Waals surface area (Å²) in [7, 11) is 1.26. The first kappa shape index (κ1) is 20.9. The molecule has 4 aliphatic carbocycles. The largest absolute Gasteiger partial charge is 0.423 e. The Labute approximate surface area is 170 Å². The highest BCUT2D eigenvalue weighted by Crippen LogP contribution is 2.67. The molecule has 3 fully saturated rings. The smallest absolute Gasteiger partial charge is 0.378 e. The van der Waals surface area contributed by atoms with Gasteiger partial charge in [-0.15, -0.1) is 0 Å². The number of nitriles is 1. The molecule has 0 bridgehead atoms. The van der Waals surface area contributed by atoms with Crippen molar-refractivity contribution in [3.8, 4) is 6.07 Å². The van der Waals surface area contributed by atoms with Crippen molar-refractivity contribution >= 4 is 0 Å². The van der Waals surface area contributed by atoms with Crippen LogP contribution in [0.4, 0.5) is 13.2 Å². The molecule has 0 aromatic carbocycles. The maximum atomic E-state index is 13.7. The standard InChI is InChI=1S/C23H30F3NO2/c1-20-10-8-18-16(17(20)7-5-14(20)9-11-27)6-4-15-12-22(28,23(24,25)26)19(29-3)13-21(15,18)2/h9,12,16-19,28H,4-8,10,13H2,1-3H3/b14-9-/t16-,17-,18-,19-,20+,21-,22-/m0/s1. The molecule has 0 heterocycles. The second kappa shape index (κ2) is 6.59. The predicted octanol–water partition coefficient (Wildman–Crippen LogP) is 5.32. The van der Waals surface area contributed by atoms with Crippen LogP contribution < -0.4 is 0 Å². The van der Waals surface area contributed by atoms with Crippen LogP contribution in [0, 0.1) is 39.9 Å². The maximum absolute atomic E-state index is 13.7. The van der Waals surface area contributed by atoms with E-state index in [0.717, 1.165) is 43.8 Å². The summed E-state index contributed by atoms with van der Waals surface area (Å²) >= 11 is 0. The Kier molecular flexibility index (Phi) is 4.76. The number of hydrogen-bond acceptors (Lipinski definition) is 3. The summed E-state index contributed by atoms with van der Waals surface area (Å²) in [6.45, 7) is 4.36. The molecule has 0 amide bonds. The molecule has 0 aromatic heterocycles. The van der Waals surface area contributed by atoms with Gasteiger partial charge in [-0.1, -0.05) is 25.0 Å². The average molecular weight is 409 g/mol. The summed E-state index contributed by atoms with van der Waals surface area (Å²) in [5.74, 6) is 1.20.